The minimum atomic E-state index is -3.55. The molecule has 0 N–H and O–H groups in total. The van der Waals surface area contributed by atoms with Crippen LogP contribution >= 0.6 is 11.8 Å². The van der Waals surface area contributed by atoms with Crippen molar-refractivity contribution in [3.63, 3.8) is 0 Å². The summed E-state index contributed by atoms with van der Waals surface area (Å²) in [5, 5.41) is 0.616. The first kappa shape index (κ1) is 22.0. The van der Waals surface area contributed by atoms with Gasteiger partial charge in [0.1, 0.15) is 4.90 Å². The molecule has 0 saturated carbocycles. The molecule has 1 aromatic carbocycles. The Kier molecular flexibility index (Phi) is 6.78. The fraction of sp³-hybridized carbons (Fsp3) is 0.429. The molecule has 29 heavy (non-hydrogen) atoms. The zero-order valence-electron chi connectivity index (χ0n) is 16.9. The van der Waals surface area contributed by atoms with Gasteiger partial charge in [0.2, 0.25) is 10.0 Å². The molecule has 1 aliphatic rings. The van der Waals surface area contributed by atoms with Gasteiger partial charge in [0.05, 0.1) is 24.0 Å². The molecule has 1 aromatic heterocycles. The van der Waals surface area contributed by atoms with Crippen LogP contribution in [0.25, 0.3) is 0 Å². The number of sulfonamides is 1. The molecule has 0 atom stereocenters. The van der Waals surface area contributed by atoms with E-state index in [2.05, 4.69) is 25.8 Å². The summed E-state index contributed by atoms with van der Waals surface area (Å²) in [6.45, 7) is 7.90. The van der Waals surface area contributed by atoms with E-state index in [1.165, 1.54) is 27.8 Å². The number of aromatic nitrogens is 1. The standard InChI is InChI=1S/C21H26N2O4S2/c1-21(2,3)17-6-4-16(5-7-17)19(24)15-28-20-9-8-18(14-22-20)29(25,26)23-10-12-27-13-11-23/h4-9,14H,10-13,15H2,1-3H3. The molecule has 2 heterocycles. The first-order valence-corrected chi connectivity index (χ1v) is 11.9. The molecule has 1 fully saturated rings. The molecule has 0 aliphatic carbocycles. The minimum Gasteiger partial charge on any atom is -0.379 e. The van der Waals surface area contributed by atoms with Crippen molar-refractivity contribution in [1.82, 2.24) is 9.29 Å². The first-order chi connectivity index (χ1) is 13.7. The fourth-order valence-electron chi connectivity index (χ4n) is 2.92. The van der Waals surface area contributed by atoms with Gasteiger partial charge >= 0.3 is 0 Å². The smallest absolute Gasteiger partial charge is 0.244 e. The molecule has 156 valence electrons. The second-order valence-electron chi connectivity index (χ2n) is 7.89. The van der Waals surface area contributed by atoms with Crippen molar-refractivity contribution in [1.29, 1.82) is 0 Å². The molecule has 0 bridgehead atoms. The predicted octanol–water partition coefficient (Wildman–Crippen LogP) is 3.38. The lowest BCUT2D eigenvalue weighted by molar-refractivity contribution is 0.0730. The zero-order valence-corrected chi connectivity index (χ0v) is 18.6. The van der Waals surface area contributed by atoms with Gasteiger partial charge in [-0.15, -0.1) is 0 Å². The number of hydrogen-bond acceptors (Lipinski definition) is 6. The number of ether oxygens (including phenoxy) is 1. The van der Waals surface area contributed by atoms with Gasteiger partial charge in [0.15, 0.2) is 5.78 Å². The van der Waals surface area contributed by atoms with Crippen LogP contribution < -0.4 is 0 Å². The number of morpholine rings is 1. The molecule has 8 heteroatoms. The van der Waals surface area contributed by atoms with Crippen molar-refractivity contribution in [2.24, 2.45) is 0 Å². The monoisotopic (exact) mass is 434 g/mol. The van der Waals surface area contributed by atoms with E-state index < -0.39 is 10.0 Å². The Labute approximate surface area is 176 Å². The SMILES string of the molecule is CC(C)(C)c1ccc(C(=O)CSc2ccc(S(=O)(=O)N3CCOCC3)cn2)cc1. The average molecular weight is 435 g/mol. The molecule has 0 radical (unpaired) electrons. The number of ketones is 1. The third-order valence-corrected chi connectivity index (χ3v) is 7.57. The number of hydrogen-bond donors (Lipinski definition) is 0. The summed E-state index contributed by atoms with van der Waals surface area (Å²) >= 11 is 1.30. The van der Waals surface area contributed by atoms with Crippen molar-refractivity contribution in [3.8, 4) is 0 Å². The molecule has 2 aromatic rings. The van der Waals surface area contributed by atoms with Crippen LogP contribution in [0.4, 0.5) is 0 Å². The molecule has 6 nitrogen and oxygen atoms in total. The van der Waals surface area contributed by atoms with E-state index in [9.17, 15) is 13.2 Å². The molecule has 0 amide bonds. The molecule has 1 saturated heterocycles. The fourth-order valence-corrected chi connectivity index (χ4v) is 5.01. The molecule has 0 unspecified atom stereocenters. The number of Topliss-reactive ketones (excluding diaryl/α,β-unsaturated/α-hetero) is 1. The van der Waals surface area contributed by atoms with E-state index in [0.29, 0.717) is 36.9 Å². The third-order valence-electron chi connectivity index (χ3n) is 4.74. The van der Waals surface area contributed by atoms with Crippen LogP contribution in [-0.4, -0.2) is 55.5 Å². The van der Waals surface area contributed by atoms with Crippen LogP contribution in [0.5, 0.6) is 0 Å². The van der Waals surface area contributed by atoms with Crippen molar-refractivity contribution in [2.45, 2.75) is 36.1 Å². The van der Waals surface area contributed by atoms with Crippen LogP contribution in [-0.2, 0) is 20.2 Å². The maximum absolute atomic E-state index is 12.6. The highest BCUT2D eigenvalue weighted by Gasteiger charge is 2.26. The van der Waals surface area contributed by atoms with Gasteiger partial charge in [-0.3, -0.25) is 4.79 Å². The summed E-state index contributed by atoms with van der Waals surface area (Å²) < 4.78 is 31.8. The summed E-state index contributed by atoms with van der Waals surface area (Å²) in [6, 6.07) is 10.9. The maximum atomic E-state index is 12.6. The number of carbonyl (C=O) groups is 1. The van der Waals surface area contributed by atoms with Gasteiger partial charge in [-0.2, -0.15) is 4.31 Å². The molecular weight excluding hydrogens is 408 g/mol. The van der Waals surface area contributed by atoms with Crippen molar-refractivity contribution in [2.75, 3.05) is 32.1 Å². The average Bonchev–Trinajstić information content (AvgIpc) is 2.72. The lowest BCUT2D eigenvalue weighted by atomic mass is 9.86. The quantitative estimate of drug-likeness (QED) is 0.512. The normalized spacial score (nSPS) is 16.0. The van der Waals surface area contributed by atoms with E-state index in [0.717, 1.165) is 0 Å². The molecule has 3 rings (SSSR count). The number of benzene rings is 1. The zero-order chi connectivity index (χ0) is 21.1. The second-order valence-corrected chi connectivity index (χ2v) is 10.8. The summed E-state index contributed by atoms with van der Waals surface area (Å²) in [4.78, 5) is 16.8. The Morgan fingerprint density at radius 3 is 2.31 bits per heavy atom. The summed E-state index contributed by atoms with van der Waals surface area (Å²) in [5.74, 6) is 0.263. The highest BCUT2D eigenvalue weighted by molar-refractivity contribution is 7.99. The van der Waals surface area contributed by atoms with Gasteiger partial charge in [-0.1, -0.05) is 56.8 Å². The van der Waals surface area contributed by atoms with Gasteiger partial charge in [-0.25, -0.2) is 13.4 Å². The van der Waals surface area contributed by atoms with E-state index in [4.69, 9.17) is 4.74 Å². The lowest BCUT2D eigenvalue weighted by Gasteiger charge is -2.25. The van der Waals surface area contributed by atoms with Crippen molar-refractivity contribution < 1.29 is 17.9 Å². The number of rotatable bonds is 6. The summed E-state index contributed by atoms with van der Waals surface area (Å²) in [5.41, 5.74) is 1.89. The topological polar surface area (TPSA) is 76.6 Å². The van der Waals surface area contributed by atoms with Gasteiger partial charge in [-0.05, 0) is 23.1 Å². The highest BCUT2D eigenvalue weighted by atomic mass is 32.2. The minimum absolute atomic E-state index is 0.0160. The summed E-state index contributed by atoms with van der Waals surface area (Å²) in [6.07, 6.45) is 1.36. The van der Waals surface area contributed by atoms with E-state index in [1.807, 2.05) is 24.3 Å². The lowest BCUT2D eigenvalue weighted by Crippen LogP contribution is -2.40. The maximum Gasteiger partial charge on any atom is 0.244 e. The van der Waals surface area contributed by atoms with Crippen LogP contribution in [0.1, 0.15) is 36.7 Å². The van der Waals surface area contributed by atoms with Crippen LogP contribution in [0.15, 0.2) is 52.5 Å². The Morgan fingerprint density at radius 2 is 1.76 bits per heavy atom. The van der Waals surface area contributed by atoms with Crippen LogP contribution in [0.3, 0.4) is 0 Å². The summed E-state index contributed by atoms with van der Waals surface area (Å²) in [7, 11) is -3.55. The third kappa shape index (κ3) is 5.45. The Morgan fingerprint density at radius 1 is 1.10 bits per heavy atom. The molecular formula is C21H26N2O4S2. The van der Waals surface area contributed by atoms with Gasteiger partial charge in [0.25, 0.3) is 0 Å². The number of nitrogens with zero attached hydrogens (tertiary/aromatic N) is 2. The Balaban J connectivity index is 1.60. The predicted molar refractivity (Wildman–Crippen MR) is 114 cm³/mol. The first-order valence-electron chi connectivity index (χ1n) is 9.48. The highest BCUT2D eigenvalue weighted by Crippen LogP contribution is 2.24. The van der Waals surface area contributed by atoms with Gasteiger partial charge < -0.3 is 4.74 Å². The van der Waals surface area contributed by atoms with Crippen LogP contribution in [0, 0.1) is 0 Å². The van der Waals surface area contributed by atoms with Gasteiger partial charge in [0, 0.05) is 24.8 Å². The largest absolute Gasteiger partial charge is 0.379 e. The Bertz CT molecular complexity index is 944. The van der Waals surface area contributed by atoms with E-state index >= 15 is 0 Å². The van der Waals surface area contributed by atoms with Crippen LogP contribution in [0.2, 0.25) is 0 Å². The Hall–Kier alpha value is -1.74. The number of pyridine rings is 1. The number of thioether (sulfide) groups is 1. The number of carbonyl (C=O) groups excluding carboxylic acids is 1. The second kappa shape index (κ2) is 8.95. The van der Waals surface area contributed by atoms with E-state index in [1.54, 1.807) is 12.1 Å². The molecule has 0 spiro atoms. The van der Waals surface area contributed by atoms with Crippen molar-refractivity contribution in [3.05, 3.63) is 53.7 Å². The van der Waals surface area contributed by atoms with Crippen molar-refractivity contribution >= 4 is 27.6 Å². The molecule has 1 aliphatic heterocycles. The van der Waals surface area contributed by atoms with E-state index in [-0.39, 0.29) is 21.8 Å².